The maximum Gasteiger partial charge on any atom is 0.0946 e. The molecule has 1 aliphatic heterocycles. The van der Waals surface area contributed by atoms with Gasteiger partial charge in [0, 0.05) is 5.69 Å². The van der Waals surface area contributed by atoms with Gasteiger partial charge in [-0.05, 0) is 30.0 Å². The molecule has 0 saturated heterocycles. The third-order valence-corrected chi connectivity index (χ3v) is 3.01. The molecular weight excluding hydrogens is 192 g/mol. The normalized spacial score (nSPS) is 20.1. The molecule has 0 radical (unpaired) electrons. The number of nitrogens with one attached hydrogen (secondary N) is 2. The molecule has 2 N–H and O–H groups in total. The Bertz CT molecular complexity index is 385. The van der Waals surface area contributed by atoms with Gasteiger partial charge in [0.2, 0.25) is 0 Å². The van der Waals surface area contributed by atoms with Gasteiger partial charge in [0.25, 0.3) is 0 Å². The van der Waals surface area contributed by atoms with Crippen LogP contribution in [0.2, 0.25) is 0 Å². The largest absolute Gasteiger partial charge is 0.373 e. The summed E-state index contributed by atoms with van der Waals surface area (Å²) in [6.07, 6.45) is 2.01. The second kappa shape index (κ2) is 3.88. The third kappa shape index (κ3) is 1.82. The van der Waals surface area contributed by atoms with Crippen LogP contribution in [-0.4, -0.2) is 11.1 Å². The van der Waals surface area contributed by atoms with Crippen LogP contribution in [0.15, 0.2) is 35.7 Å². The second-order valence-electron chi connectivity index (χ2n) is 3.25. The van der Waals surface area contributed by atoms with Gasteiger partial charge in [0.05, 0.1) is 11.1 Å². The van der Waals surface area contributed by atoms with E-state index in [9.17, 15) is 0 Å². The molecule has 2 nitrogen and oxygen atoms in total. The molecule has 0 aliphatic carbocycles. The molecule has 2 rings (SSSR count). The minimum atomic E-state index is 0.0566. The Labute approximate surface area is 87.9 Å². The quantitative estimate of drug-likeness (QED) is 0.776. The summed E-state index contributed by atoms with van der Waals surface area (Å²) in [5.41, 5.74) is 2.32. The first kappa shape index (κ1) is 9.34. The van der Waals surface area contributed by atoms with E-state index in [2.05, 4.69) is 18.3 Å². The molecule has 1 aromatic carbocycles. The van der Waals surface area contributed by atoms with Crippen molar-refractivity contribution >= 4 is 22.5 Å². The Balaban J connectivity index is 2.15. The number of anilines is 1. The molecule has 0 amide bonds. The first-order valence-corrected chi connectivity index (χ1v) is 5.39. The molecule has 1 unspecified atom stereocenters. The summed E-state index contributed by atoms with van der Waals surface area (Å²) in [7, 11) is 0. The van der Waals surface area contributed by atoms with Crippen molar-refractivity contribution in [2.24, 2.45) is 0 Å². The molecule has 0 spiro atoms. The number of thioether (sulfide) groups is 1. The molecule has 1 heterocycles. The smallest absolute Gasteiger partial charge is 0.0946 e. The van der Waals surface area contributed by atoms with Crippen LogP contribution in [0.25, 0.3) is 0 Å². The SMILES string of the molecule is Cc1ccccc1NC1C=CSC1=N. The highest BCUT2D eigenvalue weighted by Gasteiger charge is 2.16. The summed E-state index contributed by atoms with van der Waals surface area (Å²) in [6, 6.07) is 8.19. The van der Waals surface area contributed by atoms with Crippen molar-refractivity contribution in [2.75, 3.05) is 5.32 Å². The fourth-order valence-corrected chi connectivity index (χ4v) is 2.03. The van der Waals surface area contributed by atoms with Gasteiger partial charge in [0.1, 0.15) is 0 Å². The number of benzene rings is 1. The third-order valence-electron chi connectivity index (χ3n) is 2.20. The van der Waals surface area contributed by atoms with E-state index in [1.165, 1.54) is 17.3 Å². The van der Waals surface area contributed by atoms with Crippen molar-refractivity contribution in [1.29, 1.82) is 5.41 Å². The lowest BCUT2D eigenvalue weighted by Gasteiger charge is -2.14. The Hall–Kier alpha value is -1.22. The zero-order valence-corrected chi connectivity index (χ0v) is 8.77. The van der Waals surface area contributed by atoms with Crippen LogP contribution in [0.3, 0.4) is 0 Å². The summed E-state index contributed by atoms with van der Waals surface area (Å²) in [6.45, 7) is 2.07. The molecular formula is C11H12N2S. The highest BCUT2D eigenvalue weighted by Crippen LogP contribution is 2.22. The number of hydrogen-bond acceptors (Lipinski definition) is 3. The van der Waals surface area contributed by atoms with Crippen molar-refractivity contribution in [3.8, 4) is 0 Å². The number of para-hydroxylation sites is 1. The lowest BCUT2D eigenvalue weighted by Crippen LogP contribution is -2.21. The van der Waals surface area contributed by atoms with Gasteiger partial charge in [-0.1, -0.05) is 30.0 Å². The van der Waals surface area contributed by atoms with Crippen LogP contribution < -0.4 is 5.32 Å². The molecule has 1 aromatic rings. The molecule has 3 heteroatoms. The Morgan fingerprint density at radius 1 is 1.36 bits per heavy atom. The molecule has 14 heavy (non-hydrogen) atoms. The minimum absolute atomic E-state index is 0.0566. The fraction of sp³-hybridized carbons (Fsp3) is 0.182. The molecule has 1 aliphatic rings. The van der Waals surface area contributed by atoms with Gasteiger partial charge in [0.15, 0.2) is 0 Å². The van der Waals surface area contributed by atoms with Gasteiger partial charge in [-0.15, -0.1) is 0 Å². The lowest BCUT2D eigenvalue weighted by atomic mass is 10.2. The Kier molecular flexibility index (Phi) is 2.59. The number of hydrogen-bond donors (Lipinski definition) is 2. The minimum Gasteiger partial charge on any atom is -0.373 e. The van der Waals surface area contributed by atoms with E-state index in [4.69, 9.17) is 5.41 Å². The summed E-state index contributed by atoms with van der Waals surface area (Å²) in [4.78, 5) is 0. The van der Waals surface area contributed by atoms with Crippen LogP contribution in [0.4, 0.5) is 5.69 Å². The van der Waals surface area contributed by atoms with E-state index in [1.807, 2.05) is 29.7 Å². The number of aryl methyl sites for hydroxylation is 1. The van der Waals surface area contributed by atoms with Crippen molar-refractivity contribution in [3.63, 3.8) is 0 Å². The van der Waals surface area contributed by atoms with Gasteiger partial charge in [-0.3, -0.25) is 5.41 Å². The van der Waals surface area contributed by atoms with Crippen LogP contribution >= 0.6 is 11.8 Å². The van der Waals surface area contributed by atoms with E-state index < -0.39 is 0 Å². The average molecular weight is 204 g/mol. The highest BCUT2D eigenvalue weighted by atomic mass is 32.2. The van der Waals surface area contributed by atoms with E-state index in [0.717, 1.165) is 5.69 Å². The maximum atomic E-state index is 7.66. The molecule has 72 valence electrons. The zero-order chi connectivity index (χ0) is 9.97. The molecule has 1 atom stereocenters. The molecule has 0 bridgehead atoms. The van der Waals surface area contributed by atoms with E-state index in [-0.39, 0.29) is 6.04 Å². The summed E-state index contributed by atoms with van der Waals surface area (Å²) >= 11 is 1.47. The highest BCUT2D eigenvalue weighted by molar-refractivity contribution is 8.16. The molecule has 0 aromatic heterocycles. The van der Waals surface area contributed by atoms with Gasteiger partial charge in [-0.2, -0.15) is 0 Å². The summed E-state index contributed by atoms with van der Waals surface area (Å²) < 4.78 is 0. The van der Waals surface area contributed by atoms with Gasteiger partial charge < -0.3 is 5.32 Å². The Morgan fingerprint density at radius 3 is 2.79 bits per heavy atom. The van der Waals surface area contributed by atoms with E-state index in [0.29, 0.717) is 5.04 Å². The first-order chi connectivity index (χ1) is 6.77. The maximum absolute atomic E-state index is 7.66. The topological polar surface area (TPSA) is 35.9 Å². The monoisotopic (exact) mass is 204 g/mol. The summed E-state index contributed by atoms with van der Waals surface area (Å²) in [5, 5.41) is 13.6. The van der Waals surface area contributed by atoms with Gasteiger partial charge in [-0.25, -0.2) is 0 Å². The second-order valence-corrected chi connectivity index (χ2v) is 4.20. The van der Waals surface area contributed by atoms with Crippen LogP contribution in [-0.2, 0) is 0 Å². The number of rotatable bonds is 2. The predicted octanol–water partition coefficient (Wildman–Crippen LogP) is 3.01. The van der Waals surface area contributed by atoms with Crippen molar-refractivity contribution in [3.05, 3.63) is 41.3 Å². The zero-order valence-electron chi connectivity index (χ0n) is 7.95. The molecule has 0 fully saturated rings. The Morgan fingerprint density at radius 2 is 2.14 bits per heavy atom. The summed E-state index contributed by atoms with van der Waals surface area (Å²) in [5.74, 6) is 0. The standard InChI is InChI=1S/C11H12N2S/c1-8-4-2-3-5-9(8)13-10-6-7-14-11(10)12/h2-7,10,12-13H,1H3. The fourth-order valence-electron chi connectivity index (χ4n) is 1.37. The van der Waals surface area contributed by atoms with Crippen molar-refractivity contribution < 1.29 is 0 Å². The predicted molar refractivity (Wildman–Crippen MR) is 63.0 cm³/mol. The van der Waals surface area contributed by atoms with Crippen molar-refractivity contribution in [1.82, 2.24) is 0 Å². The van der Waals surface area contributed by atoms with Crippen molar-refractivity contribution in [2.45, 2.75) is 13.0 Å². The van der Waals surface area contributed by atoms with E-state index in [1.54, 1.807) is 0 Å². The molecule has 0 saturated carbocycles. The average Bonchev–Trinajstić information content (AvgIpc) is 2.56. The van der Waals surface area contributed by atoms with E-state index >= 15 is 0 Å². The lowest BCUT2D eigenvalue weighted by molar-refractivity contribution is 1.17. The first-order valence-electron chi connectivity index (χ1n) is 4.51. The van der Waals surface area contributed by atoms with Crippen LogP contribution in [0, 0.1) is 12.3 Å². The van der Waals surface area contributed by atoms with Crippen LogP contribution in [0.5, 0.6) is 0 Å². The van der Waals surface area contributed by atoms with Gasteiger partial charge >= 0.3 is 0 Å². The van der Waals surface area contributed by atoms with Crippen LogP contribution in [0.1, 0.15) is 5.56 Å².